The fourth-order valence-electron chi connectivity index (χ4n) is 2.47. The maximum Gasteiger partial charge on any atom is 0.146 e. The molecule has 0 amide bonds. The minimum absolute atomic E-state index is 0.795. The lowest BCUT2D eigenvalue weighted by Crippen LogP contribution is -1.92. The molecule has 0 fully saturated rings. The SMILES string of the molecule is COc1cc(OC)c2c(c1)c(-c1ccc[nH]1)cn2C. The molecule has 3 rings (SSSR count). The third-order valence-corrected chi connectivity index (χ3v) is 3.36. The number of H-pyrrole nitrogens is 1. The predicted molar refractivity (Wildman–Crippen MR) is 75.8 cm³/mol. The fourth-order valence-corrected chi connectivity index (χ4v) is 2.47. The third kappa shape index (κ3) is 1.76. The molecular weight excluding hydrogens is 240 g/mol. The van der Waals surface area contributed by atoms with E-state index in [9.17, 15) is 0 Å². The van der Waals surface area contributed by atoms with Crippen LogP contribution in [0.25, 0.3) is 22.2 Å². The van der Waals surface area contributed by atoms with Gasteiger partial charge in [0, 0.05) is 42.2 Å². The van der Waals surface area contributed by atoms with Gasteiger partial charge in [-0.05, 0) is 18.2 Å². The van der Waals surface area contributed by atoms with Crippen molar-refractivity contribution in [3.8, 4) is 22.8 Å². The Morgan fingerprint density at radius 2 is 2.00 bits per heavy atom. The zero-order valence-electron chi connectivity index (χ0n) is 11.2. The molecule has 2 aromatic heterocycles. The monoisotopic (exact) mass is 256 g/mol. The van der Waals surface area contributed by atoms with Crippen LogP contribution in [0.15, 0.2) is 36.7 Å². The van der Waals surface area contributed by atoms with Crippen LogP contribution in [0.4, 0.5) is 0 Å². The van der Waals surface area contributed by atoms with E-state index < -0.39 is 0 Å². The highest BCUT2D eigenvalue weighted by Crippen LogP contribution is 2.37. The van der Waals surface area contributed by atoms with E-state index in [0.717, 1.165) is 33.7 Å². The molecule has 19 heavy (non-hydrogen) atoms. The number of aryl methyl sites for hydroxylation is 1. The molecular formula is C15H16N2O2. The molecule has 0 atom stereocenters. The number of hydrogen-bond donors (Lipinski definition) is 1. The topological polar surface area (TPSA) is 39.2 Å². The molecule has 0 radical (unpaired) electrons. The summed E-state index contributed by atoms with van der Waals surface area (Å²) in [7, 11) is 5.36. The molecule has 4 nitrogen and oxygen atoms in total. The molecule has 2 heterocycles. The predicted octanol–water partition coefficient (Wildman–Crippen LogP) is 3.19. The van der Waals surface area contributed by atoms with Gasteiger partial charge in [-0.25, -0.2) is 0 Å². The minimum atomic E-state index is 0.795. The molecule has 98 valence electrons. The summed E-state index contributed by atoms with van der Waals surface area (Å²) < 4.78 is 12.9. The van der Waals surface area contributed by atoms with Gasteiger partial charge in [-0.1, -0.05) is 0 Å². The third-order valence-electron chi connectivity index (χ3n) is 3.36. The molecule has 0 aliphatic heterocycles. The summed E-state index contributed by atoms with van der Waals surface area (Å²) in [6.45, 7) is 0. The molecule has 3 aromatic rings. The van der Waals surface area contributed by atoms with Crippen molar-refractivity contribution in [3.05, 3.63) is 36.7 Å². The average Bonchev–Trinajstić information content (AvgIpc) is 3.05. The maximum absolute atomic E-state index is 5.47. The summed E-state index contributed by atoms with van der Waals surface area (Å²) in [5, 5.41) is 1.11. The zero-order valence-corrected chi connectivity index (χ0v) is 11.2. The number of nitrogens with zero attached hydrogens (tertiary/aromatic N) is 1. The van der Waals surface area contributed by atoms with Crippen LogP contribution in [0, 0.1) is 0 Å². The van der Waals surface area contributed by atoms with E-state index in [2.05, 4.69) is 21.8 Å². The van der Waals surface area contributed by atoms with Crippen LogP contribution in [0.3, 0.4) is 0 Å². The van der Waals surface area contributed by atoms with E-state index in [1.165, 1.54) is 0 Å². The number of fused-ring (bicyclic) bond motifs is 1. The van der Waals surface area contributed by atoms with Crippen LogP contribution in [0.5, 0.6) is 11.5 Å². The highest BCUT2D eigenvalue weighted by atomic mass is 16.5. The highest BCUT2D eigenvalue weighted by molar-refractivity contribution is 5.99. The summed E-state index contributed by atoms with van der Waals surface area (Å²) in [6.07, 6.45) is 4.02. The number of aromatic nitrogens is 2. The quantitative estimate of drug-likeness (QED) is 0.781. The Morgan fingerprint density at radius 3 is 2.63 bits per heavy atom. The number of rotatable bonds is 3. The van der Waals surface area contributed by atoms with Crippen LogP contribution < -0.4 is 9.47 Å². The largest absolute Gasteiger partial charge is 0.497 e. The Labute approximate surface area is 111 Å². The van der Waals surface area contributed by atoms with Crippen molar-refractivity contribution in [1.82, 2.24) is 9.55 Å². The number of benzene rings is 1. The summed E-state index contributed by atoms with van der Waals surface area (Å²) in [6, 6.07) is 7.99. The number of aromatic amines is 1. The van der Waals surface area contributed by atoms with Crippen LogP contribution in [-0.2, 0) is 7.05 Å². The van der Waals surface area contributed by atoms with Gasteiger partial charge in [0.1, 0.15) is 11.5 Å². The second-order valence-corrected chi connectivity index (χ2v) is 4.46. The first-order valence-electron chi connectivity index (χ1n) is 6.09. The van der Waals surface area contributed by atoms with Gasteiger partial charge in [-0.15, -0.1) is 0 Å². The second-order valence-electron chi connectivity index (χ2n) is 4.46. The first kappa shape index (κ1) is 11.7. The number of methoxy groups -OCH3 is 2. The lowest BCUT2D eigenvalue weighted by atomic mass is 10.1. The Bertz CT molecular complexity index is 711. The van der Waals surface area contributed by atoms with Crippen LogP contribution in [0.1, 0.15) is 0 Å². The first-order valence-corrected chi connectivity index (χ1v) is 6.09. The van der Waals surface area contributed by atoms with Crippen molar-refractivity contribution in [1.29, 1.82) is 0 Å². The summed E-state index contributed by atoms with van der Waals surface area (Å²) in [5.74, 6) is 1.61. The van der Waals surface area contributed by atoms with Crippen molar-refractivity contribution >= 4 is 10.9 Å². The Hall–Kier alpha value is -2.36. The van der Waals surface area contributed by atoms with Gasteiger partial charge in [0.25, 0.3) is 0 Å². The molecule has 0 aliphatic carbocycles. The molecule has 4 heteroatoms. The molecule has 0 unspecified atom stereocenters. The number of nitrogens with one attached hydrogen (secondary N) is 1. The van der Waals surface area contributed by atoms with Crippen molar-refractivity contribution in [2.45, 2.75) is 0 Å². The van der Waals surface area contributed by atoms with Gasteiger partial charge in [-0.2, -0.15) is 0 Å². The number of ether oxygens (including phenoxy) is 2. The van der Waals surface area contributed by atoms with Crippen molar-refractivity contribution in [2.24, 2.45) is 7.05 Å². The normalized spacial score (nSPS) is 10.9. The van der Waals surface area contributed by atoms with Gasteiger partial charge in [0.05, 0.1) is 19.7 Å². The van der Waals surface area contributed by atoms with Gasteiger partial charge < -0.3 is 19.0 Å². The van der Waals surface area contributed by atoms with Crippen LogP contribution in [-0.4, -0.2) is 23.8 Å². The molecule has 1 aromatic carbocycles. The first-order chi connectivity index (χ1) is 9.24. The smallest absolute Gasteiger partial charge is 0.146 e. The molecule has 0 saturated carbocycles. The molecule has 0 bridgehead atoms. The van der Waals surface area contributed by atoms with Crippen LogP contribution >= 0.6 is 0 Å². The van der Waals surface area contributed by atoms with Crippen molar-refractivity contribution < 1.29 is 9.47 Å². The number of hydrogen-bond acceptors (Lipinski definition) is 2. The summed E-state index contributed by atoms with van der Waals surface area (Å²) >= 11 is 0. The lowest BCUT2D eigenvalue weighted by molar-refractivity contribution is 0.397. The van der Waals surface area contributed by atoms with Gasteiger partial charge in [-0.3, -0.25) is 0 Å². The minimum Gasteiger partial charge on any atom is -0.497 e. The second kappa shape index (κ2) is 4.39. The van der Waals surface area contributed by atoms with E-state index in [0.29, 0.717) is 0 Å². The van der Waals surface area contributed by atoms with Crippen molar-refractivity contribution in [3.63, 3.8) is 0 Å². The van der Waals surface area contributed by atoms with E-state index in [1.54, 1.807) is 14.2 Å². The molecule has 0 spiro atoms. The zero-order chi connectivity index (χ0) is 13.4. The Kier molecular flexibility index (Phi) is 2.71. The van der Waals surface area contributed by atoms with Crippen LogP contribution in [0.2, 0.25) is 0 Å². The fraction of sp³-hybridized carbons (Fsp3) is 0.200. The average molecular weight is 256 g/mol. The maximum atomic E-state index is 5.47. The van der Waals surface area contributed by atoms with E-state index in [1.807, 2.05) is 31.4 Å². The Morgan fingerprint density at radius 1 is 1.16 bits per heavy atom. The van der Waals surface area contributed by atoms with E-state index in [-0.39, 0.29) is 0 Å². The molecule has 0 saturated heterocycles. The van der Waals surface area contributed by atoms with E-state index >= 15 is 0 Å². The van der Waals surface area contributed by atoms with Crippen molar-refractivity contribution in [2.75, 3.05) is 14.2 Å². The summed E-state index contributed by atoms with van der Waals surface area (Å²) in [5.41, 5.74) is 3.29. The summed E-state index contributed by atoms with van der Waals surface area (Å²) in [4.78, 5) is 3.24. The highest BCUT2D eigenvalue weighted by Gasteiger charge is 2.15. The van der Waals surface area contributed by atoms with E-state index in [4.69, 9.17) is 9.47 Å². The molecule has 1 N–H and O–H groups in total. The van der Waals surface area contributed by atoms with Gasteiger partial charge in [0.2, 0.25) is 0 Å². The Balaban J connectivity index is 2.36. The van der Waals surface area contributed by atoms with Gasteiger partial charge in [0.15, 0.2) is 0 Å². The van der Waals surface area contributed by atoms with Gasteiger partial charge >= 0.3 is 0 Å². The molecule has 0 aliphatic rings. The standard InChI is InChI=1S/C15H16N2O2/c1-17-9-12(13-5-4-6-16-13)11-7-10(18-2)8-14(19-3)15(11)17/h4-9,16H,1-3H3. The lowest BCUT2D eigenvalue weighted by Gasteiger charge is -2.08.